The lowest BCUT2D eigenvalue weighted by Crippen LogP contribution is -2.57. The molecule has 2 fully saturated rings. The van der Waals surface area contributed by atoms with Gasteiger partial charge < -0.3 is 15.1 Å². The molecule has 3 heterocycles. The third-order valence-electron chi connectivity index (χ3n) is 4.89. The number of aliphatic hydroxyl groups is 1. The molecule has 1 spiro atoms. The second-order valence-corrected chi connectivity index (χ2v) is 6.76. The van der Waals surface area contributed by atoms with E-state index in [0.717, 1.165) is 0 Å². The number of nitrogens with zero attached hydrogens (tertiary/aromatic N) is 4. The number of aliphatic hydroxyl groups excluding tert-OH is 1. The van der Waals surface area contributed by atoms with Gasteiger partial charge in [0.25, 0.3) is 5.92 Å². The van der Waals surface area contributed by atoms with Gasteiger partial charge >= 0.3 is 12.1 Å². The summed E-state index contributed by atoms with van der Waals surface area (Å²) in [5.41, 5.74) is -1.06. The number of aromatic nitrogens is 2. The molecule has 7 nitrogen and oxygen atoms in total. The van der Waals surface area contributed by atoms with Crippen LogP contribution in [0.4, 0.5) is 27.9 Å². The first kappa shape index (κ1) is 22.2. The van der Waals surface area contributed by atoms with Crippen LogP contribution in [0, 0.1) is 5.41 Å². The number of carboxylic acids is 1. The number of hydrogen-bond donors (Lipinski definition) is 2. The fourth-order valence-corrected chi connectivity index (χ4v) is 3.44. The number of piperidine rings is 1. The van der Waals surface area contributed by atoms with E-state index in [-0.39, 0.29) is 19.6 Å². The number of rotatable bonds is 3. The molecule has 1 unspecified atom stereocenters. The maximum atomic E-state index is 14.5. The number of aliphatic carboxylic acids is 1. The molecule has 12 heteroatoms. The van der Waals surface area contributed by atoms with E-state index in [0.29, 0.717) is 38.5 Å². The average molecular weight is 412 g/mol. The molecule has 2 aliphatic rings. The molecule has 0 amide bonds. The van der Waals surface area contributed by atoms with Gasteiger partial charge in [0.15, 0.2) is 0 Å². The van der Waals surface area contributed by atoms with Crippen LogP contribution in [0.15, 0.2) is 18.5 Å². The van der Waals surface area contributed by atoms with Crippen molar-refractivity contribution in [2.24, 2.45) is 5.41 Å². The second kappa shape index (κ2) is 8.52. The summed E-state index contributed by atoms with van der Waals surface area (Å²) in [6.07, 6.45) is -1.54. The van der Waals surface area contributed by atoms with Crippen LogP contribution in [0.1, 0.15) is 12.8 Å². The molecule has 2 N–H and O–H groups in total. The Balaban J connectivity index is 0.000000345. The van der Waals surface area contributed by atoms with Crippen LogP contribution in [-0.4, -0.2) is 82.5 Å². The summed E-state index contributed by atoms with van der Waals surface area (Å²) in [6.45, 7) is 1.95. The molecule has 1 aromatic rings. The Morgan fingerprint density at radius 2 is 1.75 bits per heavy atom. The number of β-amino-alcohol motifs (C(OH)–C–C–N with tert-alkyl or cyclic N) is 1. The number of carbonyl (C=O) groups is 1. The van der Waals surface area contributed by atoms with E-state index in [9.17, 15) is 22.0 Å². The van der Waals surface area contributed by atoms with E-state index in [1.807, 2.05) is 9.80 Å². The van der Waals surface area contributed by atoms with Gasteiger partial charge in [-0.2, -0.15) is 13.2 Å². The first-order valence-corrected chi connectivity index (χ1v) is 8.54. The minimum Gasteiger partial charge on any atom is -0.475 e. The summed E-state index contributed by atoms with van der Waals surface area (Å²) in [6, 6.07) is 1.72. The van der Waals surface area contributed by atoms with Crippen LogP contribution < -0.4 is 4.90 Å². The van der Waals surface area contributed by atoms with Crippen LogP contribution in [0.3, 0.4) is 0 Å². The summed E-state index contributed by atoms with van der Waals surface area (Å²) in [7, 11) is 0. The zero-order valence-electron chi connectivity index (χ0n) is 14.9. The highest BCUT2D eigenvalue weighted by Gasteiger charge is 2.59. The minimum absolute atomic E-state index is 0.00711. The summed E-state index contributed by atoms with van der Waals surface area (Å²) >= 11 is 0. The number of hydrogen-bond acceptors (Lipinski definition) is 6. The number of alkyl halides is 5. The molecule has 158 valence electrons. The van der Waals surface area contributed by atoms with E-state index in [2.05, 4.69) is 9.97 Å². The minimum atomic E-state index is -5.08. The zero-order chi connectivity index (χ0) is 21.0. The van der Waals surface area contributed by atoms with Crippen molar-refractivity contribution in [3.05, 3.63) is 18.5 Å². The van der Waals surface area contributed by atoms with Crippen LogP contribution in [-0.2, 0) is 4.79 Å². The van der Waals surface area contributed by atoms with Crippen molar-refractivity contribution in [1.29, 1.82) is 0 Å². The Morgan fingerprint density at radius 1 is 1.14 bits per heavy atom. The lowest BCUT2D eigenvalue weighted by Gasteiger charge is -2.45. The number of carboxylic acid groups (broad SMARTS) is 1. The molecular formula is C16H21F5N4O3. The summed E-state index contributed by atoms with van der Waals surface area (Å²) < 4.78 is 60.8. The normalized spacial score (nSPS) is 24.7. The first-order valence-electron chi connectivity index (χ1n) is 8.54. The van der Waals surface area contributed by atoms with Gasteiger partial charge in [-0.1, -0.05) is 0 Å². The predicted octanol–water partition coefficient (Wildman–Crippen LogP) is 1.64. The van der Waals surface area contributed by atoms with Crippen LogP contribution in [0.25, 0.3) is 0 Å². The molecule has 28 heavy (non-hydrogen) atoms. The van der Waals surface area contributed by atoms with E-state index in [1.54, 1.807) is 18.5 Å². The van der Waals surface area contributed by atoms with Gasteiger partial charge in [-0.15, -0.1) is 0 Å². The standard InChI is InChI=1S/C14H20F2N4O.C2HF3O2/c15-14(16)3-6-19(8-9-21)10-13(14)2-7-20(11-13)12-17-4-1-5-18-12;3-2(4,5)1(6)7/h1,4-5,21H,2-3,6-11H2;(H,6,7). The van der Waals surface area contributed by atoms with Gasteiger partial charge in [0.2, 0.25) is 5.95 Å². The zero-order valence-corrected chi connectivity index (χ0v) is 14.9. The van der Waals surface area contributed by atoms with Gasteiger partial charge in [-0.25, -0.2) is 23.5 Å². The molecule has 0 radical (unpaired) electrons. The maximum Gasteiger partial charge on any atom is 0.490 e. The van der Waals surface area contributed by atoms with E-state index in [1.165, 1.54) is 0 Å². The van der Waals surface area contributed by atoms with Crippen LogP contribution in [0.2, 0.25) is 0 Å². The highest BCUT2D eigenvalue weighted by Crippen LogP contribution is 2.49. The number of anilines is 1. The SMILES string of the molecule is O=C(O)C(F)(F)F.OCCN1CCC(F)(F)C2(CCN(c3ncccn3)C2)C1. The fraction of sp³-hybridized carbons (Fsp3) is 0.688. The molecule has 0 aliphatic carbocycles. The van der Waals surface area contributed by atoms with E-state index in [4.69, 9.17) is 15.0 Å². The van der Waals surface area contributed by atoms with Crippen molar-refractivity contribution in [2.45, 2.75) is 24.9 Å². The second-order valence-electron chi connectivity index (χ2n) is 6.76. The van der Waals surface area contributed by atoms with Crippen LogP contribution in [0.5, 0.6) is 0 Å². The third kappa shape index (κ3) is 5.04. The molecule has 2 saturated heterocycles. The maximum absolute atomic E-state index is 14.5. The van der Waals surface area contributed by atoms with Gasteiger partial charge in [0.1, 0.15) is 0 Å². The van der Waals surface area contributed by atoms with Crippen molar-refractivity contribution < 1.29 is 37.0 Å². The van der Waals surface area contributed by atoms with Gasteiger partial charge in [0, 0.05) is 51.5 Å². The van der Waals surface area contributed by atoms with Crippen molar-refractivity contribution in [3.63, 3.8) is 0 Å². The van der Waals surface area contributed by atoms with Crippen molar-refractivity contribution >= 4 is 11.9 Å². The Morgan fingerprint density at radius 3 is 2.29 bits per heavy atom. The Bertz CT molecular complexity index is 661. The highest BCUT2D eigenvalue weighted by molar-refractivity contribution is 5.73. The Kier molecular flexibility index (Phi) is 6.75. The quantitative estimate of drug-likeness (QED) is 0.730. The largest absolute Gasteiger partial charge is 0.490 e. The predicted molar refractivity (Wildman–Crippen MR) is 88.1 cm³/mol. The third-order valence-corrected chi connectivity index (χ3v) is 4.89. The summed E-state index contributed by atoms with van der Waals surface area (Å²) in [4.78, 5) is 21.0. The molecule has 1 atom stereocenters. The summed E-state index contributed by atoms with van der Waals surface area (Å²) in [5, 5.41) is 16.2. The number of halogens is 5. The average Bonchev–Trinajstić information content (AvgIpc) is 3.05. The van der Waals surface area contributed by atoms with Gasteiger partial charge in [-0.05, 0) is 12.5 Å². The smallest absolute Gasteiger partial charge is 0.475 e. The van der Waals surface area contributed by atoms with Gasteiger partial charge in [-0.3, -0.25) is 4.90 Å². The van der Waals surface area contributed by atoms with Crippen molar-refractivity contribution in [1.82, 2.24) is 14.9 Å². The highest BCUT2D eigenvalue weighted by atomic mass is 19.4. The van der Waals surface area contributed by atoms with E-state index < -0.39 is 23.5 Å². The molecule has 3 rings (SSSR count). The molecule has 0 saturated carbocycles. The monoisotopic (exact) mass is 412 g/mol. The molecule has 1 aromatic heterocycles. The van der Waals surface area contributed by atoms with Crippen LogP contribution >= 0.6 is 0 Å². The van der Waals surface area contributed by atoms with Crippen molar-refractivity contribution in [3.8, 4) is 0 Å². The fourth-order valence-electron chi connectivity index (χ4n) is 3.44. The van der Waals surface area contributed by atoms with E-state index >= 15 is 0 Å². The summed E-state index contributed by atoms with van der Waals surface area (Å²) in [5.74, 6) is -4.92. The molecule has 2 aliphatic heterocycles. The Hall–Kier alpha value is -2.08. The molecule has 0 aromatic carbocycles. The Labute approximate surface area is 157 Å². The molecule has 0 bridgehead atoms. The van der Waals surface area contributed by atoms with Crippen molar-refractivity contribution in [2.75, 3.05) is 44.2 Å². The molecular weight excluding hydrogens is 391 g/mol. The number of likely N-dealkylation sites (tertiary alicyclic amines) is 1. The topological polar surface area (TPSA) is 89.8 Å². The first-order chi connectivity index (χ1) is 13.0. The lowest BCUT2D eigenvalue weighted by molar-refractivity contribution is -0.192. The lowest BCUT2D eigenvalue weighted by atomic mass is 9.75. The van der Waals surface area contributed by atoms with Gasteiger partial charge in [0.05, 0.1) is 12.0 Å².